The normalized spacial score (nSPS) is 42.0. The van der Waals surface area contributed by atoms with E-state index < -0.39 is 0 Å². The van der Waals surface area contributed by atoms with Gasteiger partial charge in [0.15, 0.2) is 0 Å². The van der Waals surface area contributed by atoms with Gasteiger partial charge in [0.25, 0.3) is 0 Å². The van der Waals surface area contributed by atoms with Gasteiger partial charge in [0.1, 0.15) is 23.4 Å². The molecule has 0 aromatic heterocycles. The number of carbonyl (C=O) groups excluding carboxylic acids is 1. The Morgan fingerprint density at radius 2 is 2.12 bits per heavy atom. The van der Waals surface area contributed by atoms with Crippen LogP contribution in [0.15, 0.2) is 11.6 Å². The SMILES string of the molecule is CCNC(=O)OC1CC[C@]2(CO2)C(C2(C)O[C@@H]2CC=C(C)C)C1OC. The van der Waals surface area contributed by atoms with Crippen molar-refractivity contribution in [2.24, 2.45) is 5.92 Å². The molecule has 1 aliphatic carbocycles. The number of carbonyl (C=O) groups is 1. The molecule has 6 nitrogen and oxygen atoms in total. The first-order valence-corrected chi connectivity index (χ1v) is 9.28. The minimum absolute atomic E-state index is 0.0636. The van der Waals surface area contributed by atoms with Crippen molar-refractivity contribution < 1.29 is 23.7 Å². The molecule has 3 aliphatic rings. The lowest BCUT2D eigenvalue weighted by Gasteiger charge is -2.42. The molecule has 0 bridgehead atoms. The van der Waals surface area contributed by atoms with E-state index in [0.717, 1.165) is 25.9 Å². The van der Waals surface area contributed by atoms with Crippen LogP contribution in [0.1, 0.15) is 47.0 Å². The molecule has 6 heteroatoms. The first-order chi connectivity index (χ1) is 11.9. The van der Waals surface area contributed by atoms with Crippen molar-refractivity contribution in [1.29, 1.82) is 0 Å². The van der Waals surface area contributed by atoms with Crippen LogP contribution >= 0.6 is 0 Å². The zero-order valence-electron chi connectivity index (χ0n) is 16.0. The molecule has 25 heavy (non-hydrogen) atoms. The van der Waals surface area contributed by atoms with Crippen molar-refractivity contribution in [2.75, 3.05) is 20.3 Å². The van der Waals surface area contributed by atoms with Gasteiger partial charge in [-0.3, -0.25) is 0 Å². The number of methoxy groups -OCH3 is 1. The van der Waals surface area contributed by atoms with Crippen molar-refractivity contribution in [3.05, 3.63) is 11.6 Å². The predicted octanol–water partition coefficient (Wildman–Crippen LogP) is 2.81. The lowest BCUT2D eigenvalue weighted by molar-refractivity contribution is -0.118. The fraction of sp³-hybridized carbons (Fsp3) is 0.842. The highest BCUT2D eigenvalue weighted by Crippen LogP contribution is 2.59. The summed E-state index contributed by atoms with van der Waals surface area (Å²) in [5.74, 6) is 0.0636. The van der Waals surface area contributed by atoms with Crippen LogP contribution in [-0.4, -0.2) is 55.9 Å². The molecule has 2 heterocycles. The predicted molar refractivity (Wildman–Crippen MR) is 93.5 cm³/mol. The Kier molecular flexibility index (Phi) is 5.15. The minimum atomic E-state index is -0.385. The quantitative estimate of drug-likeness (QED) is 0.587. The van der Waals surface area contributed by atoms with Gasteiger partial charge in [0, 0.05) is 13.7 Å². The van der Waals surface area contributed by atoms with Gasteiger partial charge in [-0.15, -0.1) is 0 Å². The third-order valence-corrected chi connectivity index (χ3v) is 5.82. The third-order valence-electron chi connectivity index (χ3n) is 5.82. The number of hydrogen-bond donors (Lipinski definition) is 1. The highest BCUT2D eigenvalue weighted by atomic mass is 16.6. The monoisotopic (exact) mass is 353 g/mol. The standard InChI is InChI=1S/C19H31NO5/c1-6-20-17(21)24-13-9-10-19(11-23-19)16(15(13)22-5)18(4)14(25-18)8-7-12(2)3/h7,13-16H,6,8-11H2,1-5H3,(H,20,21)/t13?,14-,15?,16?,18?,19+/m1/s1. The fourth-order valence-corrected chi connectivity index (χ4v) is 4.39. The summed E-state index contributed by atoms with van der Waals surface area (Å²) in [5.41, 5.74) is 0.808. The molecule has 1 amide bonds. The van der Waals surface area contributed by atoms with Crippen LogP contribution in [0.4, 0.5) is 4.79 Å². The van der Waals surface area contributed by atoms with E-state index in [1.807, 2.05) is 6.92 Å². The summed E-state index contributed by atoms with van der Waals surface area (Å²) in [6.45, 7) is 9.49. The number of nitrogens with one attached hydrogen (secondary N) is 1. The molecule has 6 atom stereocenters. The summed E-state index contributed by atoms with van der Waals surface area (Å²) >= 11 is 0. The van der Waals surface area contributed by atoms with Gasteiger partial charge in [-0.2, -0.15) is 0 Å². The Hall–Kier alpha value is -1.11. The molecule has 3 fully saturated rings. The molecular weight excluding hydrogens is 322 g/mol. The highest BCUT2D eigenvalue weighted by molar-refractivity contribution is 5.67. The molecule has 4 unspecified atom stereocenters. The van der Waals surface area contributed by atoms with Crippen molar-refractivity contribution >= 4 is 6.09 Å². The first-order valence-electron chi connectivity index (χ1n) is 9.28. The van der Waals surface area contributed by atoms with Crippen molar-refractivity contribution in [1.82, 2.24) is 5.32 Å². The summed E-state index contributed by atoms with van der Waals surface area (Å²) in [6.07, 6.45) is 4.00. The second-order valence-electron chi connectivity index (χ2n) is 7.85. The number of rotatable bonds is 6. The zero-order valence-corrected chi connectivity index (χ0v) is 16.0. The number of amides is 1. The molecule has 2 aliphatic heterocycles. The van der Waals surface area contributed by atoms with Crippen LogP contribution in [0, 0.1) is 5.92 Å². The molecule has 1 spiro atoms. The Bertz CT molecular complexity index is 540. The number of ether oxygens (including phenoxy) is 4. The topological polar surface area (TPSA) is 72.6 Å². The summed E-state index contributed by atoms with van der Waals surface area (Å²) in [4.78, 5) is 11.9. The van der Waals surface area contributed by atoms with E-state index in [4.69, 9.17) is 18.9 Å². The maximum atomic E-state index is 11.9. The Labute approximate surface area is 150 Å². The summed E-state index contributed by atoms with van der Waals surface area (Å²) in [6, 6.07) is 0. The van der Waals surface area contributed by atoms with E-state index in [9.17, 15) is 4.79 Å². The van der Waals surface area contributed by atoms with E-state index in [1.165, 1.54) is 5.57 Å². The average Bonchev–Trinajstić information content (AvgIpc) is 3.45. The van der Waals surface area contributed by atoms with Crippen LogP contribution in [0.3, 0.4) is 0 Å². The second kappa shape index (κ2) is 6.89. The first kappa shape index (κ1) is 18.7. The lowest BCUT2D eigenvalue weighted by atomic mass is 9.68. The lowest BCUT2D eigenvalue weighted by Crippen LogP contribution is -2.56. The van der Waals surface area contributed by atoms with Gasteiger partial charge in [0.05, 0.1) is 18.6 Å². The number of epoxide rings is 2. The third kappa shape index (κ3) is 3.57. The van der Waals surface area contributed by atoms with E-state index >= 15 is 0 Å². The van der Waals surface area contributed by atoms with E-state index in [1.54, 1.807) is 7.11 Å². The van der Waals surface area contributed by atoms with Crippen molar-refractivity contribution in [3.63, 3.8) is 0 Å². The number of alkyl carbamates (subject to hydrolysis) is 1. The van der Waals surface area contributed by atoms with Gasteiger partial charge in [-0.1, -0.05) is 11.6 Å². The molecule has 142 valence electrons. The average molecular weight is 353 g/mol. The molecule has 0 aromatic carbocycles. The molecule has 2 saturated heterocycles. The largest absolute Gasteiger partial charge is 0.443 e. The zero-order chi connectivity index (χ0) is 18.2. The van der Waals surface area contributed by atoms with Crippen molar-refractivity contribution in [2.45, 2.75) is 76.5 Å². The Morgan fingerprint density at radius 1 is 1.40 bits per heavy atom. The molecule has 3 rings (SSSR count). The second-order valence-corrected chi connectivity index (χ2v) is 7.85. The van der Waals surface area contributed by atoms with Crippen LogP contribution in [0.5, 0.6) is 0 Å². The minimum Gasteiger partial charge on any atom is -0.443 e. The van der Waals surface area contributed by atoms with Gasteiger partial charge in [-0.25, -0.2) is 4.79 Å². The summed E-state index contributed by atoms with van der Waals surface area (Å²) in [5, 5.41) is 2.70. The van der Waals surface area contributed by atoms with Crippen LogP contribution in [0.25, 0.3) is 0 Å². The van der Waals surface area contributed by atoms with Crippen molar-refractivity contribution in [3.8, 4) is 0 Å². The van der Waals surface area contributed by atoms with E-state index in [-0.39, 0.29) is 41.5 Å². The molecule has 0 radical (unpaired) electrons. The maximum absolute atomic E-state index is 11.9. The molecular formula is C19H31NO5. The van der Waals surface area contributed by atoms with Gasteiger partial charge in [0.2, 0.25) is 0 Å². The van der Waals surface area contributed by atoms with E-state index in [2.05, 4.69) is 32.2 Å². The molecule has 0 aromatic rings. The molecule has 1 N–H and O–H groups in total. The Balaban J connectivity index is 1.75. The van der Waals surface area contributed by atoms with E-state index in [0.29, 0.717) is 6.54 Å². The smallest absolute Gasteiger partial charge is 0.407 e. The number of allylic oxidation sites excluding steroid dienone is 1. The highest BCUT2D eigenvalue weighted by Gasteiger charge is 2.72. The van der Waals surface area contributed by atoms with Gasteiger partial charge in [-0.05, 0) is 47.0 Å². The van der Waals surface area contributed by atoms with Crippen LogP contribution in [0.2, 0.25) is 0 Å². The fourth-order valence-electron chi connectivity index (χ4n) is 4.39. The maximum Gasteiger partial charge on any atom is 0.407 e. The number of hydrogen-bond acceptors (Lipinski definition) is 5. The van der Waals surface area contributed by atoms with Gasteiger partial charge >= 0.3 is 6.09 Å². The van der Waals surface area contributed by atoms with Crippen LogP contribution in [-0.2, 0) is 18.9 Å². The summed E-state index contributed by atoms with van der Waals surface area (Å²) < 4.78 is 23.5. The van der Waals surface area contributed by atoms with Crippen LogP contribution < -0.4 is 5.32 Å². The molecule has 1 saturated carbocycles. The van der Waals surface area contributed by atoms with Gasteiger partial charge < -0.3 is 24.3 Å². The Morgan fingerprint density at radius 3 is 2.68 bits per heavy atom. The summed E-state index contributed by atoms with van der Waals surface area (Å²) in [7, 11) is 1.68.